The number of pyridine rings is 1. The summed E-state index contributed by atoms with van der Waals surface area (Å²) in [6, 6.07) is 7.87. The Morgan fingerprint density at radius 1 is 1.24 bits per heavy atom. The number of halogens is 3. The number of hydrogen-bond donors (Lipinski definition) is 1. The lowest BCUT2D eigenvalue weighted by Gasteiger charge is -2.14. The largest absolute Gasteiger partial charge is 0.473 e. The number of amides is 1. The van der Waals surface area contributed by atoms with Gasteiger partial charge >= 0.3 is 6.18 Å². The first-order chi connectivity index (χ1) is 11.9. The van der Waals surface area contributed by atoms with Gasteiger partial charge in [-0.2, -0.15) is 24.9 Å². The van der Waals surface area contributed by atoms with Crippen molar-refractivity contribution < 1.29 is 22.7 Å². The van der Waals surface area contributed by atoms with E-state index in [1.54, 1.807) is 17.8 Å². The SMILES string of the molecule is O=C(Nc1ccccc1C(F)(F)F)c1ccc(O[C@H]2CCSC2)nc1. The maximum atomic E-state index is 13.0. The van der Waals surface area contributed by atoms with E-state index < -0.39 is 17.6 Å². The van der Waals surface area contributed by atoms with E-state index in [1.807, 2.05) is 0 Å². The number of hydrogen-bond acceptors (Lipinski definition) is 4. The lowest BCUT2D eigenvalue weighted by Crippen LogP contribution is -2.18. The topological polar surface area (TPSA) is 51.2 Å². The van der Waals surface area contributed by atoms with Crippen molar-refractivity contribution >= 4 is 23.4 Å². The van der Waals surface area contributed by atoms with Crippen molar-refractivity contribution in [2.45, 2.75) is 18.7 Å². The summed E-state index contributed by atoms with van der Waals surface area (Å²) in [7, 11) is 0. The smallest absolute Gasteiger partial charge is 0.418 e. The molecule has 1 amide bonds. The van der Waals surface area contributed by atoms with E-state index >= 15 is 0 Å². The monoisotopic (exact) mass is 368 g/mol. The van der Waals surface area contributed by atoms with Gasteiger partial charge in [0.25, 0.3) is 5.91 Å². The van der Waals surface area contributed by atoms with Gasteiger partial charge in [0.05, 0.1) is 16.8 Å². The molecule has 1 aliphatic rings. The number of anilines is 1. The van der Waals surface area contributed by atoms with Gasteiger partial charge in [0, 0.05) is 18.0 Å². The number of carbonyl (C=O) groups is 1. The molecule has 0 aliphatic carbocycles. The van der Waals surface area contributed by atoms with Gasteiger partial charge in [0.15, 0.2) is 0 Å². The first-order valence-electron chi connectivity index (χ1n) is 7.61. The van der Waals surface area contributed by atoms with Gasteiger partial charge in [-0.15, -0.1) is 0 Å². The molecule has 1 N–H and O–H groups in total. The number of nitrogens with one attached hydrogen (secondary N) is 1. The summed E-state index contributed by atoms with van der Waals surface area (Å²) in [6.45, 7) is 0. The molecule has 0 bridgehead atoms. The Labute approximate surface area is 146 Å². The highest BCUT2D eigenvalue weighted by Crippen LogP contribution is 2.34. The van der Waals surface area contributed by atoms with Crippen molar-refractivity contribution in [2.24, 2.45) is 0 Å². The molecule has 2 aromatic rings. The average molecular weight is 368 g/mol. The molecule has 4 nitrogen and oxygen atoms in total. The van der Waals surface area contributed by atoms with Gasteiger partial charge in [0.2, 0.25) is 5.88 Å². The van der Waals surface area contributed by atoms with Crippen LogP contribution in [0, 0.1) is 0 Å². The Balaban J connectivity index is 1.69. The van der Waals surface area contributed by atoms with E-state index in [4.69, 9.17) is 4.74 Å². The minimum absolute atomic E-state index is 0.107. The quantitative estimate of drug-likeness (QED) is 0.877. The zero-order chi connectivity index (χ0) is 17.9. The highest BCUT2D eigenvalue weighted by atomic mass is 32.2. The fourth-order valence-electron chi connectivity index (χ4n) is 2.39. The van der Waals surface area contributed by atoms with Crippen LogP contribution in [0.25, 0.3) is 0 Å². The van der Waals surface area contributed by atoms with Crippen molar-refractivity contribution in [1.82, 2.24) is 4.98 Å². The van der Waals surface area contributed by atoms with Crippen LogP contribution in [0.15, 0.2) is 42.6 Å². The minimum atomic E-state index is -4.54. The Morgan fingerprint density at radius 2 is 2.04 bits per heavy atom. The molecule has 1 atom stereocenters. The van der Waals surface area contributed by atoms with Crippen molar-refractivity contribution in [2.75, 3.05) is 16.8 Å². The van der Waals surface area contributed by atoms with E-state index in [0.717, 1.165) is 24.0 Å². The van der Waals surface area contributed by atoms with Crippen LogP contribution in [0.1, 0.15) is 22.3 Å². The number of para-hydroxylation sites is 1. The summed E-state index contributed by atoms with van der Waals surface area (Å²) >= 11 is 1.81. The number of ether oxygens (including phenoxy) is 1. The van der Waals surface area contributed by atoms with Gasteiger partial charge in [0.1, 0.15) is 6.10 Å². The van der Waals surface area contributed by atoms with Crippen LogP contribution in [-0.4, -0.2) is 28.5 Å². The summed E-state index contributed by atoms with van der Waals surface area (Å²) in [4.78, 5) is 16.2. The molecular weight excluding hydrogens is 353 g/mol. The van der Waals surface area contributed by atoms with Gasteiger partial charge in [-0.25, -0.2) is 4.98 Å². The molecule has 0 spiro atoms. The zero-order valence-corrected chi connectivity index (χ0v) is 13.9. The highest BCUT2D eigenvalue weighted by Gasteiger charge is 2.33. The van der Waals surface area contributed by atoms with Crippen LogP contribution in [0.3, 0.4) is 0 Å². The molecule has 1 aromatic heterocycles. The second kappa shape index (κ2) is 7.35. The van der Waals surface area contributed by atoms with Crippen LogP contribution in [0.5, 0.6) is 5.88 Å². The van der Waals surface area contributed by atoms with Gasteiger partial charge in [-0.05, 0) is 30.4 Å². The third kappa shape index (κ3) is 4.45. The Bertz CT molecular complexity index is 744. The second-order valence-corrected chi connectivity index (χ2v) is 6.64. The maximum Gasteiger partial charge on any atom is 0.418 e. The summed E-state index contributed by atoms with van der Waals surface area (Å²) in [5.41, 5.74) is -1.02. The molecule has 1 aliphatic heterocycles. The third-order valence-corrected chi connectivity index (χ3v) is 4.79. The molecule has 0 unspecified atom stereocenters. The standard InChI is InChI=1S/C17H15F3N2O2S/c18-17(19,20)13-3-1-2-4-14(13)22-16(23)11-5-6-15(21-9-11)24-12-7-8-25-10-12/h1-6,9,12H,7-8,10H2,(H,22,23)/t12-/m0/s1. The molecule has 132 valence electrons. The minimum Gasteiger partial charge on any atom is -0.473 e. The van der Waals surface area contributed by atoms with Crippen LogP contribution in [0.4, 0.5) is 18.9 Å². The summed E-state index contributed by atoms with van der Waals surface area (Å²) in [5.74, 6) is 1.69. The van der Waals surface area contributed by atoms with E-state index in [0.29, 0.717) is 5.88 Å². The first-order valence-corrected chi connectivity index (χ1v) is 8.77. The molecule has 1 saturated heterocycles. The second-order valence-electron chi connectivity index (χ2n) is 5.49. The molecular formula is C17H15F3N2O2S. The molecule has 0 saturated carbocycles. The molecule has 1 aromatic carbocycles. The zero-order valence-electron chi connectivity index (χ0n) is 13.0. The summed E-state index contributed by atoms with van der Waals surface area (Å²) < 4.78 is 44.6. The lowest BCUT2D eigenvalue weighted by molar-refractivity contribution is -0.136. The molecule has 25 heavy (non-hydrogen) atoms. The lowest BCUT2D eigenvalue weighted by atomic mass is 10.1. The molecule has 3 rings (SSSR count). The Morgan fingerprint density at radius 3 is 2.68 bits per heavy atom. The van der Waals surface area contributed by atoms with E-state index in [-0.39, 0.29) is 17.4 Å². The van der Waals surface area contributed by atoms with Crippen molar-refractivity contribution in [3.8, 4) is 5.88 Å². The summed E-state index contributed by atoms with van der Waals surface area (Å²) in [5, 5.41) is 2.28. The first kappa shape index (κ1) is 17.6. The van der Waals surface area contributed by atoms with Gasteiger partial charge in [-0.3, -0.25) is 4.79 Å². The molecule has 0 radical (unpaired) electrons. The predicted molar refractivity (Wildman–Crippen MR) is 90.0 cm³/mol. The van der Waals surface area contributed by atoms with Crippen LogP contribution in [-0.2, 0) is 6.18 Å². The van der Waals surface area contributed by atoms with Crippen molar-refractivity contribution in [1.29, 1.82) is 0 Å². The predicted octanol–water partition coefficient (Wildman–Crippen LogP) is 4.24. The van der Waals surface area contributed by atoms with Crippen molar-refractivity contribution in [3.63, 3.8) is 0 Å². The van der Waals surface area contributed by atoms with Crippen LogP contribution in [0.2, 0.25) is 0 Å². The van der Waals surface area contributed by atoms with Crippen molar-refractivity contribution in [3.05, 3.63) is 53.7 Å². The number of rotatable bonds is 4. The van der Waals surface area contributed by atoms with E-state index in [1.165, 1.54) is 30.5 Å². The van der Waals surface area contributed by atoms with Crippen LogP contribution < -0.4 is 10.1 Å². The number of thioether (sulfide) groups is 1. The van der Waals surface area contributed by atoms with E-state index in [9.17, 15) is 18.0 Å². The normalized spacial score (nSPS) is 17.3. The maximum absolute atomic E-state index is 13.0. The number of alkyl halides is 3. The molecule has 2 heterocycles. The van der Waals surface area contributed by atoms with Crippen LogP contribution >= 0.6 is 11.8 Å². The number of benzene rings is 1. The average Bonchev–Trinajstić information content (AvgIpc) is 3.08. The number of nitrogens with zero attached hydrogens (tertiary/aromatic N) is 1. The van der Waals surface area contributed by atoms with Gasteiger partial charge in [-0.1, -0.05) is 12.1 Å². The fourth-order valence-corrected chi connectivity index (χ4v) is 3.49. The molecule has 8 heteroatoms. The Hall–Kier alpha value is -2.22. The third-order valence-electron chi connectivity index (χ3n) is 3.65. The molecule has 1 fully saturated rings. The highest BCUT2D eigenvalue weighted by molar-refractivity contribution is 7.99. The number of aromatic nitrogens is 1. The van der Waals surface area contributed by atoms with Gasteiger partial charge < -0.3 is 10.1 Å². The summed E-state index contributed by atoms with van der Waals surface area (Å²) in [6.07, 6.45) is -2.19. The number of carbonyl (C=O) groups excluding carboxylic acids is 1. The van der Waals surface area contributed by atoms with E-state index in [2.05, 4.69) is 10.3 Å². The fraction of sp³-hybridized carbons (Fsp3) is 0.294. The Kier molecular flexibility index (Phi) is 5.17.